The first-order valence-electron chi connectivity index (χ1n) is 8.79. The Hall–Kier alpha value is -2.23. The van der Waals surface area contributed by atoms with Gasteiger partial charge < -0.3 is 20.1 Å². The summed E-state index contributed by atoms with van der Waals surface area (Å²) in [7, 11) is 0. The molecule has 0 aromatic heterocycles. The van der Waals surface area contributed by atoms with Gasteiger partial charge in [0.2, 0.25) is 0 Å². The van der Waals surface area contributed by atoms with E-state index in [1.54, 1.807) is 6.07 Å². The molecule has 0 aliphatic carbocycles. The highest BCUT2D eigenvalue weighted by molar-refractivity contribution is 5.44. The zero-order valence-corrected chi connectivity index (χ0v) is 14.5. The van der Waals surface area contributed by atoms with Gasteiger partial charge in [-0.25, -0.2) is 0 Å². The second kappa shape index (κ2) is 8.43. The minimum absolute atomic E-state index is 0.00653. The Labute approximate surface area is 153 Å². The van der Waals surface area contributed by atoms with Crippen molar-refractivity contribution >= 4 is 0 Å². The van der Waals surface area contributed by atoms with Crippen molar-refractivity contribution in [2.24, 2.45) is 0 Å². The lowest BCUT2D eigenvalue weighted by atomic mass is 9.92. The van der Waals surface area contributed by atoms with E-state index in [-0.39, 0.29) is 25.4 Å². The molecule has 0 radical (unpaired) electrons. The number of benzene rings is 2. The van der Waals surface area contributed by atoms with Crippen molar-refractivity contribution in [3.05, 3.63) is 70.3 Å². The average molecular weight is 353 g/mol. The van der Waals surface area contributed by atoms with Gasteiger partial charge in [-0.3, -0.25) is 0 Å². The van der Waals surface area contributed by atoms with Gasteiger partial charge in [-0.15, -0.1) is 0 Å². The maximum Gasteiger partial charge on any atom is 0.0994 e. The Bertz CT molecular complexity index is 782. The highest BCUT2D eigenvalue weighted by Gasteiger charge is 2.29. The van der Waals surface area contributed by atoms with Crippen LogP contribution >= 0.6 is 0 Å². The first kappa shape index (κ1) is 18.6. The van der Waals surface area contributed by atoms with Crippen LogP contribution in [0.25, 0.3) is 0 Å². The van der Waals surface area contributed by atoms with Crippen molar-refractivity contribution in [1.82, 2.24) is 0 Å². The van der Waals surface area contributed by atoms with Gasteiger partial charge in [0, 0.05) is 12.8 Å². The molecule has 3 rings (SSSR count). The van der Waals surface area contributed by atoms with Crippen molar-refractivity contribution < 1.29 is 20.1 Å². The van der Waals surface area contributed by atoms with Gasteiger partial charge in [0.15, 0.2) is 0 Å². The van der Waals surface area contributed by atoms with Crippen LogP contribution in [-0.2, 0) is 17.8 Å². The zero-order valence-electron chi connectivity index (χ0n) is 14.5. The fraction of sp³-hybridized carbons (Fsp3) is 0.381. The summed E-state index contributed by atoms with van der Waals surface area (Å²) in [6, 6.07) is 15.5. The molecule has 1 aliphatic rings. The SMILES string of the molecule is N#Cc1ccc([C@H]2CC(O)C[C@@H](CO)O2)cc1Cc1ccc(CO)cc1. The van der Waals surface area contributed by atoms with Gasteiger partial charge in [-0.1, -0.05) is 36.4 Å². The quantitative estimate of drug-likeness (QED) is 0.766. The minimum atomic E-state index is -0.504. The molecule has 0 bridgehead atoms. The first-order valence-corrected chi connectivity index (χ1v) is 8.79. The molecule has 3 atom stereocenters. The third-order valence-corrected chi connectivity index (χ3v) is 4.80. The number of rotatable bonds is 5. The Morgan fingerprint density at radius 2 is 1.77 bits per heavy atom. The zero-order chi connectivity index (χ0) is 18.5. The van der Waals surface area contributed by atoms with Gasteiger partial charge in [0.1, 0.15) is 0 Å². The normalized spacial score (nSPS) is 22.8. The van der Waals surface area contributed by atoms with Crippen molar-refractivity contribution in [3.8, 4) is 6.07 Å². The van der Waals surface area contributed by atoms with E-state index in [0.29, 0.717) is 24.8 Å². The maximum absolute atomic E-state index is 10.0. The molecule has 2 aromatic carbocycles. The van der Waals surface area contributed by atoms with Crippen LogP contribution in [0.4, 0.5) is 0 Å². The molecule has 26 heavy (non-hydrogen) atoms. The largest absolute Gasteiger partial charge is 0.394 e. The highest BCUT2D eigenvalue weighted by Crippen LogP contribution is 2.32. The molecule has 5 heteroatoms. The van der Waals surface area contributed by atoms with Crippen LogP contribution in [0.15, 0.2) is 42.5 Å². The summed E-state index contributed by atoms with van der Waals surface area (Å²) in [5, 5.41) is 37.9. The third-order valence-electron chi connectivity index (χ3n) is 4.80. The molecule has 136 valence electrons. The van der Waals surface area contributed by atoms with Crippen molar-refractivity contribution in [3.63, 3.8) is 0 Å². The first-order chi connectivity index (χ1) is 12.6. The summed E-state index contributed by atoms with van der Waals surface area (Å²) >= 11 is 0. The fourth-order valence-corrected chi connectivity index (χ4v) is 3.37. The molecule has 1 fully saturated rings. The van der Waals surface area contributed by atoms with Crippen molar-refractivity contribution in [1.29, 1.82) is 5.26 Å². The van der Waals surface area contributed by atoms with E-state index in [1.165, 1.54) is 0 Å². The maximum atomic E-state index is 10.0. The van der Waals surface area contributed by atoms with Gasteiger partial charge in [-0.2, -0.15) is 5.26 Å². The van der Waals surface area contributed by atoms with Gasteiger partial charge in [0.05, 0.1) is 43.2 Å². The second-order valence-corrected chi connectivity index (χ2v) is 6.73. The summed E-state index contributed by atoms with van der Waals surface area (Å²) in [5.41, 5.74) is 4.31. The standard InChI is InChI=1S/C21H23NO4/c22-11-17-6-5-16(21-10-19(25)9-20(13-24)26-21)8-18(17)7-14-1-3-15(12-23)4-2-14/h1-6,8,19-21,23-25H,7,9-10,12-13H2/t19?,20-,21+/m0/s1. The molecular weight excluding hydrogens is 330 g/mol. The average Bonchev–Trinajstić information content (AvgIpc) is 2.68. The Balaban J connectivity index is 1.85. The van der Waals surface area contributed by atoms with E-state index in [0.717, 1.165) is 22.3 Å². The van der Waals surface area contributed by atoms with Crippen LogP contribution in [0.2, 0.25) is 0 Å². The van der Waals surface area contributed by atoms with Crippen molar-refractivity contribution in [2.75, 3.05) is 6.61 Å². The van der Waals surface area contributed by atoms with E-state index in [2.05, 4.69) is 6.07 Å². The molecule has 0 spiro atoms. The van der Waals surface area contributed by atoms with Crippen LogP contribution in [0.1, 0.15) is 46.8 Å². The van der Waals surface area contributed by atoms with E-state index >= 15 is 0 Å². The topological polar surface area (TPSA) is 93.7 Å². The predicted octanol–water partition coefficient (Wildman–Crippen LogP) is 2.21. The van der Waals surface area contributed by atoms with E-state index < -0.39 is 6.10 Å². The molecule has 1 unspecified atom stereocenters. The molecule has 5 nitrogen and oxygen atoms in total. The number of ether oxygens (including phenoxy) is 1. The third kappa shape index (κ3) is 4.29. The van der Waals surface area contributed by atoms with Gasteiger partial charge in [-0.05, 0) is 34.7 Å². The predicted molar refractivity (Wildman–Crippen MR) is 96.3 cm³/mol. The lowest BCUT2D eigenvalue weighted by molar-refractivity contribution is -0.113. The molecule has 2 aromatic rings. The summed E-state index contributed by atoms with van der Waals surface area (Å²) < 4.78 is 5.88. The monoisotopic (exact) mass is 353 g/mol. The van der Waals surface area contributed by atoms with E-state index in [4.69, 9.17) is 9.84 Å². The lowest BCUT2D eigenvalue weighted by Gasteiger charge is -2.32. The number of hydrogen-bond donors (Lipinski definition) is 3. The second-order valence-electron chi connectivity index (χ2n) is 6.73. The molecular formula is C21H23NO4. The molecule has 1 saturated heterocycles. The fourth-order valence-electron chi connectivity index (χ4n) is 3.37. The Kier molecular flexibility index (Phi) is 6.02. The van der Waals surface area contributed by atoms with Crippen LogP contribution in [-0.4, -0.2) is 34.1 Å². The smallest absolute Gasteiger partial charge is 0.0994 e. The summed E-state index contributed by atoms with van der Waals surface area (Å²) in [5.74, 6) is 0. The molecule has 3 N–H and O–H groups in total. The Morgan fingerprint density at radius 1 is 1.04 bits per heavy atom. The van der Waals surface area contributed by atoms with E-state index in [9.17, 15) is 15.5 Å². The summed E-state index contributed by atoms with van der Waals surface area (Å²) in [4.78, 5) is 0. The minimum Gasteiger partial charge on any atom is -0.394 e. The van der Waals surface area contributed by atoms with Crippen molar-refractivity contribution in [2.45, 2.75) is 44.2 Å². The number of nitriles is 1. The summed E-state index contributed by atoms with van der Waals surface area (Å²) in [6.07, 6.45) is 0.352. The van der Waals surface area contributed by atoms with Gasteiger partial charge in [0.25, 0.3) is 0 Å². The number of nitrogens with zero attached hydrogens (tertiary/aromatic N) is 1. The van der Waals surface area contributed by atoms with Gasteiger partial charge >= 0.3 is 0 Å². The molecule has 1 heterocycles. The Morgan fingerprint density at radius 3 is 2.42 bits per heavy atom. The number of aliphatic hydroxyl groups excluding tert-OH is 3. The molecule has 0 saturated carbocycles. The van der Waals surface area contributed by atoms with E-state index in [1.807, 2.05) is 36.4 Å². The number of aliphatic hydroxyl groups is 3. The van der Waals surface area contributed by atoms with Crippen LogP contribution < -0.4 is 0 Å². The lowest BCUT2D eigenvalue weighted by Crippen LogP contribution is -2.33. The van der Waals surface area contributed by atoms with Crippen LogP contribution in [0.5, 0.6) is 0 Å². The number of hydrogen-bond acceptors (Lipinski definition) is 5. The highest BCUT2D eigenvalue weighted by atomic mass is 16.5. The molecule has 1 aliphatic heterocycles. The van der Waals surface area contributed by atoms with Crippen LogP contribution in [0.3, 0.4) is 0 Å². The summed E-state index contributed by atoms with van der Waals surface area (Å²) in [6.45, 7) is -0.111. The van der Waals surface area contributed by atoms with Crippen LogP contribution in [0, 0.1) is 11.3 Å². The molecule has 0 amide bonds.